The van der Waals surface area contributed by atoms with E-state index >= 15 is 0 Å². The van der Waals surface area contributed by atoms with Crippen molar-refractivity contribution in [1.82, 2.24) is 19.3 Å². The third kappa shape index (κ3) is 2.61. The zero-order valence-electron chi connectivity index (χ0n) is 8.70. The maximum absolute atomic E-state index is 12.1. The minimum absolute atomic E-state index is 0.0425. The molecule has 1 aromatic rings. The van der Waals surface area contributed by atoms with Crippen LogP contribution in [0.2, 0.25) is 0 Å². The van der Waals surface area contributed by atoms with Crippen molar-refractivity contribution in [3.8, 4) is 12.1 Å². The van der Waals surface area contributed by atoms with Gasteiger partial charge in [-0.25, -0.2) is 13.1 Å². The first-order valence-corrected chi connectivity index (χ1v) is 6.47. The van der Waals surface area contributed by atoms with Crippen LogP contribution in [-0.4, -0.2) is 40.8 Å². The van der Waals surface area contributed by atoms with Gasteiger partial charge in [0.1, 0.15) is 13.1 Å². The van der Waals surface area contributed by atoms with Crippen molar-refractivity contribution in [2.75, 3.05) is 13.1 Å². The second-order valence-corrected chi connectivity index (χ2v) is 5.50. The topological polar surface area (TPSA) is 116 Å². The normalized spacial score (nSPS) is 11.1. The Morgan fingerprint density at radius 3 is 2.29 bits per heavy atom. The van der Waals surface area contributed by atoms with Gasteiger partial charge in [0.25, 0.3) is 10.0 Å². The van der Waals surface area contributed by atoms with E-state index in [1.165, 1.54) is 7.05 Å². The van der Waals surface area contributed by atoms with Gasteiger partial charge in [0.2, 0.25) is 5.03 Å². The van der Waals surface area contributed by atoms with Crippen LogP contribution >= 0.6 is 15.9 Å². The molecule has 0 fully saturated rings. The van der Waals surface area contributed by atoms with E-state index in [1.54, 1.807) is 12.1 Å². The average molecular weight is 319 g/mol. The second-order valence-electron chi connectivity index (χ2n) is 2.90. The second kappa shape index (κ2) is 5.23. The van der Waals surface area contributed by atoms with Crippen LogP contribution < -0.4 is 0 Å². The minimum atomic E-state index is -3.96. The fourth-order valence-corrected chi connectivity index (χ4v) is 3.37. The first-order chi connectivity index (χ1) is 7.95. The quantitative estimate of drug-likeness (QED) is 0.698. The summed E-state index contributed by atoms with van der Waals surface area (Å²) in [5.41, 5.74) is 0. The molecular weight excluding hydrogens is 312 g/mol. The fraction of sp³-hybridized carbons (Fsp3) is 0.429. The summed E-state index contributed by atoms with van der Waals surface area (Å²) in [6, 6.07) is 3.38. The monoisotopic (exact) mass is 318 g/mol. The third-order valence-electron chi connectivity index (χ3n) is 1.82. The molecule has 8 nitrogen and oxygen atoms in total. The molecule has 17 heavy (non-hydrogen) atoms. The van der Waals surface area contributed by atoms with Crippen LogP contribution in [0, 0.1) is 22.7 Å². The van der Waals surface area contributed by atoms with Crippen LogP contribution in [0.4, 0.5) is 0 Å². The van der Waals surface area contributed by atoms with E-state index < -0.39 is 23.1 Å². The summed E-state index contributed by atoms with van der Waals surface area (Å²) in [4.78, 5) is 0. The number of aromatic nitrogens is 3. The highest BCUT2D eigenvalue weighted by molar-refractivity contribution is 9.10. The van der Waals surface area contributed by atoms with Crippen LogP contribution in [-0.2, 0) is 17.1 Å². The maximum Gasteiger partial charge on any atom is 0.264 e. The Labute approximate surface area is 106 Å². The summed E-state index contributed by atoms with van der Waals surface area (Å²) < 4.78 is 26.1. The Morgan fingerprint density at radius 1 is 1.41 bits per heavy atom. The number of halogens is 1. The van der Waals surface area contributed by atoms with Gasteiger partial charge in [0.05, 0.1) is 12.1 Å². The lowest BCUT2D eigenvalue weighted by Crippen LogP contribution is -2.33. The molecule has 0 aliphatic rings. The highest BCUT2D eigenvalue weighted by Crippen LogP contribution is 2.21. The molecule has 0 saturated carbocycles. The van der Waals surface area contributed by atoms with Crippen molar-refractivity contribution >= 4 is 26.0 Å². The molecule has 0 spiro atoms. The molecule has 0 unspecified atom stereocenters. The Hall–Kier alpha value is -1.49. The molecule has 0 aromatic carbocycles. The lowest BCUT2D eigenvalue weighted by atomic mass is 10.6. The number of nitrogens with zero attached hydrogens (tertiary/aromatic N) is 6. The number of aryl methyl sites for hydroxylation is 1. The van der Waals surface area contributed by atoms with Gasteiger partial charge in [-0.15, -0.1) is 5.10 Å². The van der Waals surface area contributed by atoms with Crippen LogP contribution in [0.15, 0.2) is 9.63 Å². The van der Waals surface area contributed by atoms with Crippen LogP contribution in [0.25, 0.3) is 0 Å². The van der Waals surface area contributed by atoms with Crippen molar-refractivity contribution in [2.24, 2.45) is 7.05 Å². The van der Waals surface area contributed by atoms with E-state index in [-0.39, 0.29) is 9.63 Å². The van der Waals surface area contributed by atoms with Gasteiger partial charge in [-0.2, -0.15) is 14.8 Å². The molecule has 0 amide bonds. The van der Waals surface area contributed by atoms with E-state index in [4.69, 9.17) is 10.5 Å². The molecule has 1 heterocycles. The van der Waals surface area contributed by atoms with Crippen LogP contribution in [0.1, 0.15) is 0 Å². The zero-order valence-corrected chi connectivity index (χ0v) is 11.1. The maximum atomic E-state index is 12.1. The minimum Gasteiger partial charge on any atom is -0.235 e. The van der Waals surface area contributed by atoms with E-state index in [1.807, 2.05) is 0 Å². The molecule has 90 valence electrons. The van der Waals surface area contributed by atoms with E-state index in [9.17, 15) is 8.42 Å². The van der Waals surface area contributed by atoms with Gasteiger partial charge in [-0.3, -0.25) is 0 Å². The van der Waals surface area contributed by atoms with Crippen molar-refractivity contribution in [3.63, 3.8) is 0 Å². The predicted octanol–water partition coefficient (Wildman–Crippen LogP) is -0.385. The number of rotatable bonds is 4. The molecule has 0 N–H and O–H groups in total. The largest absolute Gasteiger partial charge is 0.264 e. The molecular formula is C7H7BrN6O2S. The van der Waals surface area contributed by atoms with E-state index in [0.29, 0.717) is 0 Å². The standard InChI is InChI=1S/C7H7BrN6O2S/c1-13-7(6(8)11-12-13)17(15,16)14(4-2-9)5-3-10/h4-5H2,1H3. The van der Waals surface area contributed by atoms with Gasteiger partial charge in [-0.05, 0) is 15.9 Å². The third-order valence-corrected chi connectivity index (χ3v) is 4.50. The van der Waals surface area contributed by atoms with E-state index in [2.05, 4.69) is 26.2 Å². The van der Waals surface area contributed by atoms with Crippen LogP contribution in [0.3, 0.4) is 0 Å². The number of hydrogen-bond acceptors (Lipinski definition) is 6. The molecule has 0 atom stereocenters. The number of nitriles is 2. The predicted molar refractivity (Wildman–Crippen MR) is 58.7 cm³/mol. The summed E-state index contributed by atoms with van der Waals surface area (Å²) in [5.74, 6) is 0. The van der Waals surface area contributed by atoms with Crippen molar-refractivity contribution in [2.45, 2.75) is 5.03 Å². The molecule has 0 aliphatic heterocycles. The van der Waals surface area contributed by atoms with Crippen molar-refractivity contribution in [3.05, 3.63) is 4.60 Å². The summed E-state index contributed by atoms with van der Waals surface area (Å²) >= 11 is 2.96. The summed E-state index contributed by atoms with van der Waals surface area (Å²) in [6.07, 6.45) is 0. The smallest absolute Gasteiger partial charge is 0.235 e. The van der Waals surface area contributed by atoms with Crippen molar-refractivity contribution in [1.29, 1.82) is 10.5 Å². The summed E-state index contributed by atoms with van der Waals surface area (Å²) in [5, 5.41) is 24.0. The molecule has 0 saturated heterocycles. The van der Waals surface area contributed by atoms with Crippen LogP contribution in [0.5, 0.6) is 0 Å². The van der Waals surface area contributed by atoms with Gasteiger partial charge in [0, 0.05) is 7.05 Å². The first kappa shape index (κ1) is 13.6. The lowest BCUT2D eigenvalue weighted by molar-refractivity contribution is 0.468. The fourth-order valence-electron chi connectivity index (χ4n) is 1.10. The molecule has 10 heteroatoms. The number of sulfonamides is 1. The summed E-state index contributed by atoms with van der Waals surface area (Å²) in [7, 11) is -2.56. The first-order valence-electron chi connectivity index (χ1n) is 4.24. The molecule has 0 bridgehead atoms. The zero-order chi connectivity index (χ0) is 13.1. The molecule has 0 radical (unpaired) electrons. The van der Waals surface area contributed by atoms with Crippen molar-refractivity contribution < 1.29 is 8.42 Å². The highest BCUT2D eigenvalue weighted by atomic mass is 79.9. The summed E-state index contributed by atoms with van der Waals surface area (Å²) in [6.45, 7) is -0.818. The SMILES string of the molecule is Cn1nnc(Br)c1S(=O)(=O)N(CC#N)CC#N. The van der Waals surface area contributed by atoms with Gasteiger partial charge < -0.3 is 0 Å². The van der Waals surface area contributed by atoms with Gasteiger partial charge in [0.15, 0.2) is 4.60 Å². The Kier molecular flexibility index (Phi) is 4.17. The highest BCUT2D eigenvalue weighted by Gasteiger charge is 2.30. The Morgan fingerprint density at radius 2 is 1.94 bits per heavy atom. The lowest BCUT2D eigenvalue weighted by Gasteiger charge is -2.15. The number of hydrogen-bond donors (Lipinski definition) is 0. The molecule has 0 aliphatic carbocycles. The molecule has 1 rings (SSSR count). The Balaban J connectivity index is 3.28. The van der Waals surface area contributed by atoms with Gasteiger partial charge in [-0.1, -0.05) is 5.21 Å². The molecule has 1 aromatic heterocycles. The van der Waals surface area contributed by atoms with Gasteiger partial charge >= 0.3 is 0 Å². The Bertz CT molecular complexity index is 559. The average Bonchev–Trinajstić information content (AvgIpc) is 2.58. The van der Waals surface area contributed by atoms with E-state index in [0.717, 1.165) is 8.99 Å².